The molecule has 0 radical (unpaired) electrons. The lowest BCUT2D eigenvalue weighted by Gasteiger charge is -2.26. The lowest BCUT2D eigenvalue weighted by Crippen LogP contribution is -2.30. The average Bonchev–Trinajstić information content (AvgIpc) is 3.33. The van der Waals surface area contributed by atoms with Crippen molar-refractivity contribution in [2.45, 2.75) is 31.2 Å². The number of nitrogens with two attached hydrogens (primary N) is 1. The van der Waals surface area contributed by atoms with Gasteiger partial charge in [0.15, 0.2) is 5.82 Å². The highest BCUT2D eigenvalue weighted by molar-refractivity contribution is 5.59. The fraction of sp³-hybridized carbons (Fsp3) is 0.348. The van der Waals surface area contributed by atoms with E-state index in [1.165, 1.54) is 0 Å². The Morgan fingerprint density at radius 3 is 2.56 bits per heavy atom. The molecule has 0 bridgehead atoms. The van der Waals surface area contributed by atoms with Crippen molar-refractivity contribution in [3.8, 4) is 22.7 Å². The third kappa shape index (κ3) is 3.16. The fourth-order valence-corrected chi connectivity index (χ4v) is 4.21. The topological polar surface area (TPSA) is 118 Å². The van der Waals surface area contributed by atoms with Gasteiger partial charge in [-0.05, 0) is 49.4 Å². The van der Waals surface area contributed by atoms with Crippen LogP contribution in [0.2, 0.25) is 0 Å². The third-order valence-electron chi connectivity index (χ3n) is 6.57. The van der Waals surface area contributed by atoms with Crippen LogP contribution in [0.4, 0.5) is 5.82 Å². The van der Waals surface area contributed by atoms with Crippen molar-refractivity contribution in [3.05, 3.63) is 60.4 Å². The summed E-state index contributed by atoms with van der Waals surface area (Å²) in [4.78, 5) is 13.6. The second-order valence-electron chi connectivity index (χ2n) is 8.70. The molecule has 6 rings (SSSR count). The second-order valence-corrected chi connectivity index (χ2v) is 8.70. The van der Waals surface area contributed by atoms with Crippen molar-refractivity contribution in [1.82, 2.24) is 29.9 Å². The molecule has 0 amide bonds. The van der Waals surface area contributed by atoms with Gasteiger partial charge < -0.3 is 15.0 Å². The minimum atomic E-state index is -0.371. The van der Waals surface area contributed by atoms with E-state index in [0.717, 1.165) is 35.2 Å². The summed E-state index contributed by atoms with van der Waals surface area (Å²) in [5, 5.41) is 8.80. The number of hydrogen-bond donors (Lipinski definition) is 1. The predicted molar refractivity (Wildman–Crippen MR) is 116 cm³/mol. The van der Waals surface area contributed by atoms with Crippen LogP contribution in [-0.4, -0.2) is 43.1 Å². The standard InChI is InChI=1S/C23H23N7O2/c1-23(16-3-4-16,17-5-6-19(25-10-17)14-2-7-20(24)26-8-14)22-28-21(32-29-22)15-9-27-30(11-15)18-12-31-13-18/h2,5-11,16,18H,3-4,12-13H2,1H3,(H2,24,26)/t23-/m0/s1. The molecule has 2 aliphatic rings. The molecule has 0 aromatic carbocycles. The number of nitrogens with zero attached hydrogens (tertiary/aromatic N) is 6. The van der Waals surface area contributed by atoms with Gasteiger partial charge in [-0.2, -0.15) is 10.1 Å². The van der Waals surface area contributed by atoms with E-state index in [0.29, 0.717) is 36.7 Å². The lowest BCUT2D eigenvalue weighted by molar-refractivity contribution is -0.0286. The molecule has 2 N–H and O–H groups in total. The van der Waals surface area contributed by atoms with E-state index >= 15 is 0 Å². The predicted octanol–water partition coefficient (Wildman–Crippen LogP) is 3.26. The highest BCUT2D eigenvalue weighted by Crippen LogP contribution is 2.50. The first kappa shape index (κ1) is 19.1. The van der Waals surface area contributed by atoms with E-state index in [-0.39, 0.29) is 11.5 Å². The molecular weight excluding hydrogens is 406 g/mol. The second kappa shape index (κ2) is 7.23. The Balaban J connectivity index is 1.31. The molecule has 0 spiro atoms. The van der Waals surface area contributed by atoms with Gasteiger partial charge in [0.25, 0.3) is 5.89 Å². The zero-order chi connectivity index (χ0) is 21.7. The van der Waals surface area contributed by atoms with Crippen LogP contribution in [0.25, 0.3) is 22.7 Å². The van der Waals surface area contributed by atoms with Crippen molar-refractivity contribution >= 4 is 5.82 Å². The SMILES string of the molecule is C[C@](c1ccc(-c2ccc(N)nc2)nc1)(c1noc(-c2cnn(C3COC3)c2)n1)C1CC1. The van der Waals surface area contributed by atoms with Crippen molar-refractivity contribution < 1.29 is 9.26 Å². The van der Waals surface area contributed by atoms with Gasteiger partial charge in [-0.3, -0.25) is 9.67 Å². The van der Waals surface area contributed by atoms with E-state index in [1.54, 1.807) is 18.5 Å². The van der Waals surface area contributed by atoms with Crippen LogP contribution in [-0.2, 0) is 10.2 Å². The van der Waals surface area contributed by atoms with Crippen LogP contribution in [0.15, 0.2) is 53.6 Å². The molecule has 9 heteroatoms. The molecule has 1 aliphatic carbocycles. The van der Waals surface area contributed by atoms with Crippen LogP contribution >= 0.6 is 0 Å². The third-order valence-corrected chi connectivity index (χ3v) is 6.57. The molecule has 9 nitrogen and oxygen atoms in total. The molecule has 5 heterocycles. The maximum absolute atomic E-state index is 5.70. The van der Waals surface area contributed by atoms with Crippen molar-refractivity contribution in [2.75, 3.05) is 18.9 Å². The van der Waals surface area contributed by atoms with Gasteiger partial charge in [-0.1, -0.05) is 11.2 Å². The highest BCUT2D eigenvalue weighted by atomic mass is 16.5. The van der Waals surface area contributed by atoms with E-state index in [2.05, 4.69) is 28.2 Å². The maximum atomic E-state index is 5.70. The molecule has 162 valence electrons. The summed E-state index contributed by atoms with van der Waals surface area (Å²) in [6, 6.07) is 8.09. The van der Waals surface area contributed by atoms with Gasteiger partial charge >= 0.3 is 0 Å². The molecule has 1 aliphatic heterocycles. The van der Waals surface area contributed by atoms with E-state index in [1.807, 2.05) is 29.2 Å². The minimum Gasteiger partial charge on any atom is -0.384 e. The van der Waals surface area contributed by atoms with Gasteiger partial charge in [0, 0.05) is 24.2 Å². The Hall–Kier alpha value is -3.59. The Morgan fingerprint density at radius 1 is 1.03 bits per heavy atom. The zero-order valence-electron chi connectivity index (χ0n) is 17.7. The van der Waals surface area contributed by atoms with Gasteiger partial charge in [0.2, 0.25) is 0 Å². The molecule has 1 saturated carbocycles. The number of hydrogen-bond acceptors (Lipinski definition) is 8. The first-order chi connectivity index (χ1) is 15.6. The summed E-state index contributed by atoms with van der Waals surface area (Å²) in [6.45, 7) is 3.55. The molecule has 0 unspecified atom stereocenters. The van der Waals surface area contributed by atoms with E-state index in [4.69, 9.17) is 25.0 Å². The normalized spacial score (nSPS) is 18.3. The average molecular weight is 429 g/mol. The molecule has 1 atom stereocenters. The van der Waals surface area contributed by atoms with Crippen LogP contribution in [0.1, 0.15) is 37.2 Å². The maximum Gasteiger partial charge on any atom is 0.261 e. The fourth-order valence-electron chi connectivity index (χ4n) is 4.21. The first-order valence-corrected chi connectivity index (χ1v) is 10.8. The molecule has 4 aromatic rings. The summed E-state index contributed by atoms with van der Waals surface area (Å²) in [7, 11) is 0. The summed E-state index contributed by atoms with van der Waals surface area (Å²) < 4.78 is 12.8. The molecular formula is C23H23N7O2. The number of ether oxygens (including phenoxy) is 1. The van der Waals surface area contributed by atoms with Crippen LogP contribution in [0.5, 0.6) is 0 Å². The van der Waals surface area contributed by atoms with E-state index in [9.17, 15) is 0 Å². The van der Waals surface area contributed by atoms with Crippen LogP contribution in [0, 0.1) is 5.92 Å². The smallest absolute Gasteiger partial charge is 0.261 e. The quantitative estimate of drug-likeness (QED) is 0.496. The number of pyridine rings is 2. The molecule has 32 heavy (non-hydrogen) atoms. The number of rotatable bonds is 6. The van der Waals surface area contributed by atoms with Crippen LogP contribution in [0.3, 0.4) is 0 Å². The largest absolute Gasteiger partial charge is 0.384 e. The molecule has 1 saturated heterocycles. The monoisotopic (exact) mass is 429 g/mol. The van der Waals surface area contributed by atoms with E-state index < -0.39 is 0 Å². The van der Waals surface area contributed by atoms with Gasteiger partial charge in [-0.25, -0.2) is 4.98 Å². The van der Waals surface area contributed by atoms with Gasteiger partial charge in [-0.15, -0.1) is 0 Å². The van der Waals surface area contributed by atoms with Crippen molar-refractivity contribution in [1.29, 1.82) is 0 Å². The Kier molecular flexibility index (Phi) is 4.32. The number of nitrogen functional groups attached to an aromatic ring is 1. The summed E-state index contributed by atoms with van der Waals surface area (Å²) >= 11 is 0. The summed E-state index contributed by atoms with van der Waals surface area (Å²) in [5.74, 6) is 2.11. The Bertz CT molecular complexity index is 1240. The van der Waals surface area contributed by atoms with Gasteiger partial charge in [0.05, 0.1) is 42.1 Å². The van der Waals surface area contributed by atoms with Crippen molar-refractivity contribution in [3.63, 3.8) is 0 Å². The Morgan fingerprint density at radius 2 is 1.91 bits per heavy atom. The molecule has 4 aromatic heterocycles. The summed E-state index contributed by atoms with van der Waals surface area (Å²) in [6.07, 6.45) is 9.61. The van der Waals surface area contributed by atoms with Crippen LogP contribution < -0.4 is 5.73 Å². The summed E-state index contributed by atoms with van der Waals surface area (Å²) in [5.41, 5.74) is 8.99. The van der Waals surface area contributed by atoms with Gasteiger partial charge in [0.1, 0.15) is 5.82 Å². The number of anilines is 1. The minimum absolute atomic E-state index is 0.281. The zero-order valence-corrected chi connectivity index (χ0v) is 17.7. The highest BCUT2D eigenvalue weighted by Gasteiger charge is 2.47. The first-order valence-electron chi connectivity index (χ1n) is 10.8. The van der Waals surface area contributed by atoms with Crippen molar-refractivity contribution in [2.24, 2.45) is 5.92 Å². The Labute approximate surface area is 184 Å². The lowest BCUT2D eigenvalue weighted by atomic mass is 9.77. The molecule has 2 fully saturated rings. The number of aromatic nitrogens is 6.